The Morgan fingerprint density at radius 2 is 1.86 bits per heavy atom. The molecule has 0 N–H and O–H groups in total. The molecule has 3 aromatic rings. The molecule has 1 aromatic carbocycles. The van der Waals surface area contributed by atoms with Crippen LogP contribution in [0.2, 0.25) is 0 Å². The number of esters is 2. The molecule has 0 fully saturated rings. The van der Waals surface area contributed by atoms with Gasteiger partial charge in [0.15, 0.2) is 5.75 Å². The standard InChI is InChI=1S/C21H20O8/c1-5-12-9-13-17(10-16(12)25-4)29-21(24)18(19(13)27-11(3)22)14-7-8-15(28-14)20(23)26-6-2/h7-10H,5-6H2,1-4H3. The van der Waals surface area contributed by atoms with Crippen LogP contribution >= 0.6 is 0 Å². The minimum Gasteiger partial charge on any atom is -0.496 e. The van der Waals surface area contributed by atoms with Gasteiger partial charge in [-0.2, -0.15) is 0 Å². The van der Waals surface area contributed by atoms with Gasteiger partial charge in [-0.25, -0.2) is 9.59 Å². The molecular formula is C21H20O8. The van der Waals surface area contributed by atoms with Crippen LogP contribution in [0.25, 0.3) is 22.3 Å². The molecule has 0 aliphatic carbocycles. The van der Waals surface area contributed by atoms with Gasteiger partial charge in [-0.1, -0.05) is 6.92 Å². The number of furan rings is 1. The maximum Gasteiger partial charge on any atom is 0.374 e. The molecular weight excluding hydrogens is 380 g/mol. The summed E-state index contributed by atoms with van der Waals surface area (Å²) >= 11 is 0. The number of hydrogen-bond donors (Lipinski definition) is 0. The lowest BCUT2D eigenvalue weighted by Crippen LogP contribution is -2.11. The number of fused-ring (bicyclic) bond motifs is 1. The van der Waals surface area contributed by atoms with E-state index in [-0.39, 0.29) is 35.0 Å². The summed E-state index contributed by atoms with van der Waals surface area (Å²) in [5.41, 5.74) is 0.140. The second-order valence-electron chi connectivity index (χ2n) is 6.09. The molecule has 29 heavy (non-hydrogen) atoms. The Hall–Kier alpha value is -3.55. The number of carbonyl (C=O) groups is 2. The molecule has 0 radical (unpaired) electrons. The lowest BCUT2D eigenvalue weighted by molar-refractivity contribution is -0.131. The molecule has 2 aromatic heterocycles. The third kappa shape index (κ3) is 3.87. The monoisotopic (exact) mass is 400 g/mol. The van der Waals surface area contributed by atoms with E-state index in [1.807, 2.05) is 6.92 Å². The largest absolute Gasteiger partial charge is 0.496 e. The molecule has 0 spiro atoms. The van der Waals surface area contributed by atoms with Crippen molar-refractivity contribution in [2.45, 2.75) is 27.2 Å². The van der Waals surface area contributed by atoms with Gasteiger partial charge in [-0.3, -0.25) is 4.79 Å². The first-order chi connectivity index (χ1) is 13.9. The summed E-state index contributed by atoms with van der Waals surface area (Å²) in [4.78, 5) is 36.4. The summed E-state index contributed by atoms with van der Waals surface area (Å²) in [5, 5.41) is 0.404. The summed E-state index contributed by atoms with van der Waals surface area (Å²) in [6.07, 6.45) is 0.640. The molecule has 0 saturated heterocycles. The second-order valence-corrected chi connectivity index (χ2v) is 6.09. The van der Waals surface area contributed by atoms with Crippen LogP contribution in [-0.4, -0.2) is 25.7 Å². The molecule has 0 amide bonds. The van der Waals surface area contributed by atoms with E-state index in [0.717, 1.165) is 5.56 Å². The third-order valence-corrected chi connectivity index (χ3v) is 4.22. The van der Waals surface area contributed by atoms with Gasteiger partial charge in [0, 0.05) is 13.0 Å². The molecule has 0 bridgehead atoms. The zero-order valence-electron chi connectivity index (χ0n) is 16.5. The zero-order chi connectivity index (χ0) is 21.1. The Labute approximate surface area is 166 Å². The van der Waals surface area contributed by atoms with Crippen LogP contribution < -0.4 is 15.1 Å². The highest BCUT2D eigenvalue weighted by molar-refractivity contribution is 5.94. The van der Waals surface area contributed by atoms with Gasteiger partial charge in [-0.15, -0.1) is 0 Å². The highest BCUT2D eigenvalue weighted by Gasteiger charge is 2.24. The Kier molecular flexibility index (Phi) is 5.72. The minimum absolute atomic E-state index is 0.00846. The number of benzene rings is 1. The van der Waals surface area contributed by atoms with E-state index in [2.05, 4.69) is 0 Å². The molecule has 0 aliphatic heterocycles. The molecule has 0 aliphatic rings. The lowest BCUT2D eigenvalue weighted by Gasteiger charge is -2.13. The molecule has 0 saturated carbocycles. The smallest absolute Gasteiger partial charge is 0.374 e. The Bertz CT molecular complexity index is 1140. The molecule has 152 valence electrons. The summed E-state index contributed by atoms with van der Waals surface area (Å²) in [6, 6.07) is 6.09. The van der Waals surface area contributed by atoms with Crippen molar-refractivity contribution in [2.75, 3.05) is 13.7 Å². The van der Waals surface area contributed by atoms with Gasteiger partial charge in [-0.05, 0) is 37.1 Å². The summed E-state index contributed by atoms with van der Waals surface area (Å²) in [5.74, 6) is -0.814. The van der Waals surface area contributed by atoms with E-state index >= 15 is 0 Å². The topological polar surface area (TPSA) is 105 Å². The zero-order valence-corrected chi connectivity index (χ0v) is 16.5. The highest BCUT2D eigenvalue weighted by atomic mass is 16.5. The molecule has 2 heterocycles. The number of methoxy groups -OCH3 is 1. The Balaban J connectivity index is 2.28. The first kappa shape index (κ1) is 20.2. The van der Waals surface area contributed by atoms with Crippen LogP contribution in [-0.2, 0) is 16.0 Å². The SMILES string of the molecule is CCOC(=O)c1ccc(-c2c(OC(C)=O)c3cc(CC)c(OC)cc3oc2=O)o1. The fourth-order valence-electron chi connectivity index (χ4n) is 2.96. The average molecular weight is 400 g/mol. The van der Waals surface area contributed by atoms with Gasteiger partial charge in [0.1, 0.15) is 22.7 Å². The maximum absolute atomic E-state index is 12.7. The van der Waals surface area contributed by atoms with Crippen molar-refractivity contribution >= 4 is 22.9 Å². The second kappa shape index (κ2) is 8.22. The predicted molar refractivity (Wildman–Crippen MR) is 103 cm³/mol. The van der Waals surface area contributed by atoms with Crippen LogP contribution in [0.15, 0.2) is 37.9 Å². The van der Waals surface area contributed by atoms with Crippen molar-refractivity contribution in [1.29, 1.82) is 0 Å². The molecule has 0 atom stereocenters. The average Bonchev–Trinajstić information content (AvgIpc) is 3.16. The fourth-order valence-corrected chi connectivity index (χ4v) is 2.96. The number of aryl methyl sites for hydroxylation is 1. The van der Waals surface area contributed by atoms with Gasteiger partial charge in [0.05, 0.1) is 19.1 Å². The highest BCUT2D eigenvalue weighted by Crippen LogP contribution is 2.38. The molecule has 3 rings (SSSR count). The molecule has 8 nitrogen and oxygen atoms in total. The Morgan fingerprint density at radius 3 is 2.48 bits per heavy atom. The van der Waals surface area contributed by atoms with Crippen molar-refractivity contribution < 1.29 is 32.6 Å². The van der Waals surface area contributed by atoms with E-state index in [1.165, 1.54) is 26.2 Å². The van der Waals surface area contributed by atoms with Crippen molar-refractivity contribution in [3.8, 4) is 22.8 Å². The van der Waals surface area contributed by atoms with Gasteiger partial charge in [0.25, 0.3) is 0 Å². The lowest BCUT2D eigenvalue weighted by atomic mass is 10.0. The van der Waals surface area contributed by atoms with Gasteiger partial charge < -0.3 is 23.0 Å². The van der Waals surface area contributed by atoms with Crippen LogP contribution in [0.1, 0.15) is 36.9 Å². The summed E-state index contributed by atoms with van der Waals surface area (Å²) in [7, 11) is 1.51. The van der Waals surface area contributed by atoms with Crippen LogP contribution in [0, 0.1) is 0 Å². The van der Waals surface area contributed by atoms with E-state index in [1.54, 1.807) is 19.1 Å². The van der Waals surface area contributed by atoms with Gasteiger partial charge in [0.2, 0.25) is 5.76 Å². The predicted octanol–water partition coefficient (Wildman–Crippen LogP) is 3.73. The van der Waals surface area contributed by atoms with Crippen LogP contribution in [0.5, 0.6) is 11.5 Å². The van der Waals surface area contributed by atoms with Crippen molar-refractivity contribution in [3.05, 3.63) is 46.0 Å². The van der Waals surface area contributed by atoms with Crippen molar-refractivity contribution in [2.24, 2.45) is 0 Å². The first-order valence-electron chi connectivity index (χ1n) is 9.03. The number of carbonyl (C=O) groups excluding carboxylic acids is 2. The third-order valence-electron chi connectivity index (χ3n) is 4.22. The molecule has 0 unspecified atom stereocenters. The molecule has 8 heteroatoms. The number of ether oxygens (including phenoxy) is 3. The maximum atomic E-state index is 12.7. The number of rotatable bonds is 6. The van der Waals surface area contributed by atoms with E-state index in [9.17, 15) is 14.4 Å². The summed E-state index contributed by atoms with van der Waals surface area (Å²) < 4.78 is 26.5. The quantitative estimate of drug-likeness (QED) is 0.455. The van der Waals surface area contributed by atoms with Crippen LogP contribution in [0.3, 0.4) is 0 Å². The fraction of sp³-hybridized carbons (Fsp3) is 0.286. The van der Waals surface area contributed by atoms with E-state index in [4.69, 9.17) is 23.0 Å². The van der Waals surface area contributed by atoms with E-state index in [0.29, 0.717) is 17.6 Å². The van der Waals surface area contributed by atoms with Crippen LogP contribution in [0.4, 0.5) is 0 Å². The van der Waals surface area contributed by atoms with E-state index < -0.39 is 17.6 Å². The van der Waals surface area contributed by atoms with Crippen molar-refractivity contribution in [1.82, 2.24) is 0 Å². The minimum atomic E-state index is -0.787. The number of hydrogen-bond acceptors (Lipinski definition) is 8. The first-order valence-corrected chi connectivity index (χ1v) is 9.03. The normalized spacial score (nSPS) is 10.8. The van der Waals surface area contributed by atoms with Crippen molar-refractivity contribution in [3.63, 3.8) is 0 Å². The van der Waals surface area contributed by atoms with Gasteiger partial charge >= 0.3 is 17.6 Å². The summed E-state index contributed by atoms with van der Waals surface area (Å²) in [6.45, 7) is 5.00. The Morgan fingerprint density at radius 1 is 1.10 bits per heavy atom.